The molecule has 0 aliphatic rings. The number of carbonyl (C=O) groups excluding carboxylic acids is 1. The molecule has 0 spiro atoms. The molecular formula is C21H21ClN2O3. The van der Waals surface area contributed by atoms with Crippen molar-refractivity contribution in [2.75, 3.05) is 0 Å². The first-order chi connectivity index (χ1) is 12.9. The number of benzene rings is 2. The van der Waals surface area contributed by atoms with E-state index in [0.29, 0.717) is 33.7 Å². The molecule has 0 saturated carbocycles. The van der Waals surface area contributed by atoms with Gasteiger partial charge in [0, 0.05) is 10.6 Å². The molecule has 27 heavy (non-hydrogen) atoms. The molecule has 0 aliphatic heterocycles. The van der Waals surface area contributed by atoms with E-state index in [9.17, 15) is 9.59 Å². The Morgan fingerprint density at radius 2 is 1.81 bits per heavy atom. The molecular weight excluding hydrogens is 364 g/mol. The van der Waals surface area contributed by atoms with Crippen molar-refractivity contribution in [3.05, 3.63) is 63.9 Å². The van der Waals surface area contributed by atoms with Crippen LogP contribution >= 0.6 is 11.6 Å². The van der Waals surface area contributed by atoms with E-state index < -0.39 is 12.0 Å². The molecule has 0 N–H and O–H groups in total. The number of aromatic nitrogens is 2. The number of para-hydroxylation sites is 1. The zero-order valence-corrected chi connectivity index (χ0v) is 16.2. The maximum absolute atomic E-state index is 13.3. The van der Waals surface area contributed by atoms with Crippen LogP contribution in [0.5, 0.6) is 0 Å². The smallest absolute Gasteiger partial charge is 0.329 e. The van der Waals surface area contributed by atoms with E-state index in [0.717, 1.165) is 0 Å². The first-order valence-electron chi connectivity index (χ1n) is 8.90. The Hall–Kier alpha value is -2.66. The van der Waals surface area contributed by atoms with Crippen LogP contribution in [0.4, 0.5) is 0 Å². The molecule has 0 amide bonds. The molecule has 1 aromatic heterocycles. The van der Waals surface area contributed by atoms with E-state index in [4.69, 9.17) is 16.3 Å². The van der Waals surface area contributed by atoms with E-state index >= 15 is 0 Å². The Balaban J connectivity index is 2.29. The van der Waals surface area contributed by atoms with Gasteiger partial charge >= 0.3 is 5.97 Å². The van der Waals surface area contributed by atoms with Gasteiger partial charge in [-0.1, -0.05) is 30.7 Å². The van der Waals surface area contributed by atoms with Crippen molar-refractivity contribution < 1.29 is 9.53 Å². The first-order valence-corrected chi connectivity index (χ1v) is 9.28. The Kier molecular flexibility index (Phi) is 5.61. The molecule has 0 saturated heterocycles. The minimum absolute atomic E-state index is 0.266. The van der Waals surface area contributed by atoms with Gasteiger partial charge in [-0.2, -0.15) is 0 Å². The Morgan fingerprint density at radius 3 is 2.44 bits per heavy atom. The molecule has 5 nitrogen and oxygen atoms in total. The second kappa shape index (κ2) is 7.92. The topological polar surface area (TPSA) is 61.2 Å². The maximum atomic E-state index is 13.3. The molecule has 1 unspecified atom stereocenters. The van der Waals surface area contributed by atoms with Gasteiger partial charge in [0.15, 0.2) is 0 Å². The lowest BCUT2D eigenvalue weighted by Gasteiger charge is -2.22. The highest BCUT2D eigenvalue weighted by Gasteiger charge is 2.26. The van der Waals surface area contributed by atoms with Gasteiger partial charge in [-0.25, -0.2) is 9.78 Å². The minimum atomic E-state index is -0.761. The number of fused-ring (bicyclic) bond motifs is 1. The fourth-order valence-electron chi connectivity index (χ4n) is 3.00. The van der Waals surface area contributed by atoms with Gasteiger partial charge < -0.3 is 4.74 Å². The third-order valence-corrected chi connectivity index (χ3v) is 4.48. The molecule has 1 heterocycles. The summed E-state index contributed by atoms with van der Waals surface area (Å²) in [6.07, 6.45) is 0.140. The third-order valence-electron chi connectivity index (χ3n) is 4.23. The van der Waals surface area contributed by atoms with Crippen LogP contribution in [0.1, 0.15) is 33.2 Å². The molecule has 2 aromatic carbocycles. The molecule has 140 valence electrons. The number of rotatable bonds is 5. The first kappa shape index (κ1) is 19.1. The van der Waals surface area contributed by atoms with E-state index in [-0.39, 0.29) is 11.7 Å². The van der Waals surface area contributed by atoms with Crippen molar-refractivity contribution in [3.63, 3.8) is 0 Å². The number of carbonyl (C=O) groups is 1. The quantitative estimate of drug-likeness (QED) is 0.602. The van der Waals surface area contributed by atoms with Crippen molar-refractivity contribution in [2.45, 2.75) is 39.3 Å². The summed E-state index contributed by atoms with van der Waals surface area (Å²) >= 11 is 6.00. The van der Waals surface area contributed by atoms with Crippen LogP contribution < -0.4 is 5.56 Å². The number of halogens is 1. The highest BCUT2D eigenvalue weighted by atomic mass is 35.5. The van der Waals surface area contributed by atoms with Crippen molar-refractivity contribution in [3.8, 4) is 11.4 Å². The summed E-state index contributed by atoms with van der Waals surface area (Å²) in [5, 5.41) is 1.05. The predicted octanol–water partition coefficient (Wildman–Crippen LogP) is 4.62. The number of ether oxygens (including phenoxy) is 1. The summed E-state index contributed by atoms with van der Waals surface area (Å²) in [5.74, 6) is -0.0233. The van der Waals surface area contributed by atoms with Gasteiger partial charge in [0.2, 0.25) is 0 Å². The van der Waals surface area contributed by atoms with Gasteiger partial charge in [0.05, 0.1) is 17.0 Å². The van der Waals surface area contributed by atoms with Crippen molar-refractivity contribution in [1.29, 1.82) is 0 Å². The number of esters is 1. The summed E-state index contributed by atoms with van der Waals surface area (Å²) in [6, 6.07) is 13.4. The van der Waals surface area contributed by atoms with Crippen LogP contribution in [0.25, 0.3) is 22.3 Å². The summed E-state index contributed by atoms with van der Waals surface area (Å²) in [6.45, 7) is 5.41. The zero-order valence-electron chi connectivity index (χ0n) is 15.5. The van der Waals surface area contributed by atoms with Crippen LogP contribution in [-0.2, 0) is 9.53 Å². The van der Waals surface area contributed by atoms with E-state index in [1.807, 2.05) is 13.0 Å². The molecule has 0 radical (unpaired) electrons. The highest BCUT2D eigenvalue weighted by Crippen LogP contribution is 2.25. The Labute approximate surface area is 162 Å². The summed E-state index contributed by atoms with van der Waals surface area (Å²) in [4.78, 5) is 30.6. The molecule has 0 aliphatic carbocycles. The molecule has 6 heteroatoms. The van der Waals surface area contributed by atoms with Crippen LogP contribution in [0, 0.1) is 0 Å². The molecule has 0 fully saturated rings. The molecule has 0 bridgehead atoms. The monoisotopic (exact) mass is 384 g/mol. The van der Waals surface area contributed by atoms with Crippen LogP contribution in [0.15, 0.2) is 53.3 Å². The second-order valence-electron chi connectivity index (χ2n) is 6.54. The normalized spacial score (nSPS) is 12.3. The van der Waals surface area contributed by atoms with Crippen LogP contribution in [0.3, 0.4) is 0 Å². The van der Waals surface area contributed by atoms with Crippen LogP contribution in [0.2, 0.25) is 5.02 Å². The summed E-state index contributed by atoms with van der Waals surface area (Å²) in [5.41, 5.74) is 1.02. The van der Waals surface area contributed by atoms with Gasteiger partial charge in [-0.3, -0.25) is 9.36 Å². The standard InChI is InChI=1S/C21H21ClN2O3/c1-4-18(21(26)27-13(2)3)24-19(14-9-11-15(22)12-10-14)23-17-8-6-5-7-16(17)20(24)25/h5-13,18H,4H2,1-3H3. The number of nitrogens with zero attached hydrogens (tertiary/aromatic N) is 2. The molecule has 3 rings (SSSR count). The number of hydrogen-bond donors (Lipinski definition) is 0. The molecule has 1 atom stereocenters. The summed E-state index contributed by atoms with van der Waals surface area (Å²) in [7, 11) is 0. The largest absolute Gasteiger partial charge is 0.461 e. The van der Waals surface area contributed by atoms with E-state index in [1.165, 1.54) is 4.57 Å². The lowest BCUT2D eigenvalue weighted by molar-refractivity contribution is -0.151. The second-order valence-corrected chi connectivity index (χ2v) is 6.98. The van der Waals surface area contributed by atoms with Gasteiger partial charge in [-0.05, 0) is 56.7 Å². The third kappa shape index (κ3) is 3.88. The van der Waals surface area contributed by atoms with Gasteiger partial charge in [0.1, 0.15) is 11.9 Å². The van der Waals surface area contributed by atoms with Crippen molar-refractivity contribution >= 4 is 28.5 Å². The Morgan fingerprint density at radius 1 is 1.15 bits per heavy atom. The SMILES string of the molecule is CCC(C(=O)OC(C)C)n1c(-c2ccc(Cl)cc2)nc2ccccc2c1=O. The maximum Gasteiger partial charge on any atom is 0.329 e. The van der Waals surface area contributed by atoms with Crippen molar-refractivity contribution in [2.24, 2.45) is 0 Å². The average Bonchev–Trinajstić information content (AvgIpc) is 2.64. The zero-order chi connectivity index (χ0) is 19.6. The van der Waals surface area contributed by atoms with E-state index in [2.05, 4.69) is 4.98 Å². The fraction of sp³-hybridized carbons (Fsp3) is 0.286. The lowest BCUT2D eigenvalue weighted by atomic mass is 10.1. The average molecular weight is 385 g/mol. The minimum Gasteiger partial charge on any atom is -0.461 e. The van der Waals surface area contributed by atoms with E-state index in [1.54, 1.807) is 56.3 Å². The van der Waals surface area contributed by atoms with Gasteiger partial charge in [-0.15, -0.1) is 0 Å². The fourth-order valence-corrected chi connectivity index (χ4v) is 3.13. The van der Waals surface area contributed by atoms with Gasteiger partial charge in [0.25, 0.3) is 5.56 Å². The Bertz CT molecular complexity index is 1030. The van der Waals surface area contributed by atoms with Crippen LogP contribution in [-0.4, -0.2) is 21.6 Å². The molecule has 3 aromatic rings. The highest BCUT2D eigenvalue weighted by molar-refractivity contribution is 6.30. The lowest BCUT2D eigenvalue weighted by Crippen LogP contribution is -2.33. The number of hydrogen-bond acceptors (Lipinski definition) is 4. The van der Waals surface area contributed by atoms with Crippen molar-refractivity contribution in [1.82, 2.24) is 9.55 Å². The predicted molar refractivity (Wildman–Crippen MR) is 107 cm³/mol. The summed E-state index contributed by atoms with van der Waals surface area (Å²) < 4.78 is 6.83.